The molecule has 2 atom stereocenters. The summed E-state index contributed by atoms with van der Waals surface area (Å²) in [5.41, 5.74) is -4.08. The fourth-order valence-electron chi connectivity index (χ4n) is 2.06. The van der Waals surface area contributed by atoms with Gasteiger partial charge in [-0.05, 0) is 36.9 Å². The Morgan fingerprint density at radius 1 is 1.33 bits per heavy atom. The van der Waals surface area contributed by atoms with Crippen LogP contribution in [0.15, 0.2) is 0 Å². The third-order valence-electron chi connectivity index (χ3n) is 2.92. The van der Waals surface area contributed by atoms with Crippen molar-refractivity contribution in [3.05, 3.63) is 0 Å². The first-order chi connectivity index (χ1) is 7.01. The third-order valence-corrected chi connectivity index (χ3v) is 3.65. The molecule has 1 aliphatic carbocycles. The molecule has 15 heavy (non-hydrogen) atoms. The molecular formula is C10H18F3NS. The molecule has 0 heterocycles. The van der Waals surface area contributed by atoms with Gasteiger partial charge in [0.1, 0.15) is 0 Å². The lowest BCUT2D eigenvalue weighted by atomic mass is 10.1. The molecule has 0 saturated heterocycles. The predicted molar refractivity (Wildman–Crippen MR) is 57.9 cm³/mol. The van der Waals surface area contributed by atoms with E-state index in [0.717, 1.165) is 18.8 Å². The summed E-state index contributed by atoms with van der Waals surface area (Å²) in [5, 5.41) is 3.20. The van der Waals surface area contributed by atoms with Crippen LogP contribution in [0.3, 0.4) is 0 Å². The zero-order chi connectivity index (χ0) is 11.3. The molecule has 0 radical (unpaired) electrons. The van der Waals surface area contributed by atoms with Crippen LogP contribution < -0.4 is 5.32 Å². The SMILES string of the molecule is CCC1CCC(NCCSC(F)(F)F)C1. The van der Waals surface area contributed by atoms with Gasteiger partial charge in [0.2, 0.25) is 0 Å². The van der Waals surface area contributed by atoms with Crippen LogP contribution in [0.5, 0.6) is 0 Å². The second-order valence-corrected chi connectivity index (χ2v) is 5.19. The molecule has 0 aromatic heterocycles. The van der Waals surface area contributed by atoms with Gasteiger partial charge in [-0.1, -0.05) is 13.3 Å². The first kappa shape index (κ1) is 13.2. The Labute approximate surface area is 93.2 Å². The molecule has 0 spiro atoms. The van der Waals surface area contributed by atoms with Gasteiger partial charge in [0.05, 0.1) is 0 Å². The van der Waals surface area contributed by atoms with Gasteiger partial charge in [0, 0.05) is 18.3 Å². The maximum Gasteiger partial charge on any atom is 0.441 e. The van der Waals surface area contributed by atoms with Gasteiger partial charge in [0.25, 0.3) is 0 Å². The first-order valence-electron chi connectivity index (χ1n) is 5.45. The normalized spacial score (nSPS) is 27.2. The topological polar surface area (TPSA) is 12.0 Å². The lowest BCUT2D eigenvalue weighted by Crippen LogP contribution is -2.29. The minimum absolute atomic E-state index is 0.0610. The molecule has 1 rings (SSSR count). The lowest BCUT2D eigenvalue weighted by Gasteiger charge is -2.13. The quantitative estimate of drug-likeness (QED) is 0.740. The van der Waals surface area contributed by atoms with Gasteiger partial charge < -0.3 is 5.32 Å². The lowest BCUT2D eigenvalue weighted by molar-refractivity contribution is -0.0327. The smallest absolute Gasteiger partial charge is 0.313 e. The second-order valence-electron chi connectivity index (χ2n) is 4.03. The summed E-state index contributed by atoms with van der Waals surface area (Å²) < 4.78 is 35.4. The Bertz CT molecular complexity index is 184. The van der Waals surface area contributed by atoms with E-state index in [9.17, 15) is 13.2 Å². The summed E-state index contributed by atoms with van der Waals surface area (Å²) >= 11 is 0.0610. The average molecular weight is 241 g/mol. The predicted octanol–water partition coefficient (Wildman–Crippen LogP) is 3.41. The summed E-state index contributed by atoms with van der Waals surface area (Å²) in [4.78, 5) is 0. The van der Waals surface area contributed by atoms with Crippen molar-refractivity contribution in [1.82, 2.24) is 5.32 Å². The molecule has 0 aliphatic heterocycles. The Hall–Kier alpha value is 0.100. The van der Waals surface area contributed by atoms with E-state index in [1.165, 1.54) is 12.8 Å². The van der Waals surface area contributed by atoms with Crippen LogP contribution in [0.1, 0.15) is 32.6 Å². The summed E-state index contributed by atoms with van der Waals surface area (Å²) in [6.45, 7) is 2.64. The van der Waals surface area contributed by atoms with Crippen molar-refractivity contribution in [3.63, 3.8) is 0 Å². The third kappa shape index (κ3) is 5.66. The van der Waals surface area contributed by atoms with Gasteiger partial charge in [-0.15, -0.1) is 0 Å². The summed E-state index contributed by atoms with van der Waals surface area (Å²) in [6.07, 6.45) is 4.67. The molecule has 1 saturated carbocycles. The van der Waals surface area contributed by atoms with Crippen LogP contribution in [0.2, 0.25) is 0 Å². The zero-order valence-corrected chi connectivity index (χ0v) is 9.76. The Balaban J connectivity index is 2.02. The molecule has 0 bridgehead atoms. The molecule has 1 nitrogen and oxygen atoms in total. The highest BCUT2D eigenvalue weighted by Gasteiger charge is 2.28. The largest absolute Gasteiger partial charge is 0.441 e. The van der Waals surface area contributed by atoms with Crippen molar-refractivity contribution >= 4 is 11.8 Å². The maximum atomic E-state index is 11.8. The molecule has 90 valence electrons. The number of alkyl halides is 3. The average Bonchev–Trinajstić information content (AvgIpc) is 2.59. The van der Waals surface area contributed by atoms with Crippen LogP contribution in [0, 0.1) is 5.92 Å². The van der Waals surface area contributed by atoms with Crippen molar-refractivity contribution < 1.29 is 13.2 Å². The summed E-state index contributed by atoms with van der Waals surface area (Å²) in [6, 6.07) is 0.448. The number of halogens is 3. The Morgan fingerprint density at radius 2 is 2.07 bits per heavy atom. The highest BCUT2D eigenvalue weighted by molar-refractivity contribution is 8.00. The molecule has 1 fully saturated rings. The van der Waals surface area contributed by atoms with E-state index >= 15 is 0 Å². The number of thioether (sulfide) groups is 1. The number of hydrogen-bond acceptors (Lipinski definition) is 2. The summed E-state index contributed by atoms with van der Waals surface area (Å²) in [7, 11) is 0. The minimum atomic E-state index is -4.08. The Morgan fingerprint density at radius 3 is 2.60 bits per heavy atom. The van der Waals surface area contributed by atoms with Gasteiger partial charge in [-0.2, -0.15) is 13.2 Å². The van der Waals surface area contributed by atoms with Gasteiger partial charge >= 0.3 is 5.51 Å². The van der Waals surface area contributed by atoms with E-state index < -0.39 is 5.51 Å². The van der Waals surface area contributed by atoms with E-state index in [1.54, 1.807) is 0 Å². The molecule has 1 aliphatic rings. The van der Waals surface area contributed by atoms with E-state index in [0.29, 0.717) is 12.6 Å². The van der Waals surface area contributed by atoms with E-state index in [4.69, 9.17) is 0 Å². The summed E-state index contributed by atoms with van der Waals surface area (Å²) in [5.74, 6) is 0.898. The number of hydrogen-bond donors (Lipinski definition) is 1. The zero-order valence-electron chi connectivity index (χ0n) is 8.94. The van der Waals surface area contributed by atoms with Crippen LogP contribution in [0.25, 0.3) is 0 Å². The van der Waals surface area contributed by atoms with Gasteiger partial charge in [-0.3, -0.25) is 0 Å². The van der Waals surface area contributed by atoms with Crippen molar-refractivity contribution in [2.24, 2.45) is 5.92 Å². The van der Waals surface area contributed by atoms with E-state index in [1.807, 2.05) is 0 Å². The van der Waals surface area contributed by atoms with Crippen LogP contribution in [-0.2, 0) is 0 Å². The van der Waals surface area contributed by atoms with Crippen molar-refractivity contribution in [2.75, 3.05) is 12.3 Å². The van der Waals surface area contributed by atoms with Crippen LogP contribution in [0.4, 0.5) is 13.2 Å². The number of rotatable bonds is 5. The molecule has 0 aromatic rings. The second kappa shape index (κ2) is 5.99. The monoisotopic (exact) mass is 241 g/mol. The van der Waals surface area contributed by atoms with Gasteiger partial charge in [0.15, 0.2) is 0 Å². The molecular weight excluding hydrogens is 223 g/mol. The van der Waals surface area contributed by atoms with Gasteiger partial charge in [-0.25, -0.2) is 0 Å². The van der Waals surface area contributed by atoms with E-state index in [-0.39, 0.29) is 17.5 Å². The molecule has 0 aromatic carbocycles. The Kier molecular flexibility index (Phi) is 5.26. The minimum Gasteiger partial charge on any atom is -0.313 e. The molecule has 2 unspecified atom stereocenters. The number of nitrogens with one attached hydrogen (secondary N) is 1. The first-order valence-corrected chi connectivity index (χ1v) is 6.44. The van der Waals surface area contributed by atoms with Crippen LogP contribution >= 0.6 is 11.8 Å². The molecule has 1 N–H and O–H groups in total. The van der Waals surface area contributed by atoms with E-state index in [2.05, 4.69) is 12.2 Å². The maximum absolute atomic E-state index is 11.8. The molecule has 0 amide bonds. The molecule has 5 heteroatoms. The fraction of sp³-hybridized carbons (Fsp3) is 1.00. The fourth-order valence-corrected chi connectivity index (χ4v) is 2.51. The van der Waals surface area contributed by atoms with Crippen molar-refractivity contribution in [1.29, 1.82) is 0 Å². The highest BCUT2D eigenvalue weighted by atomic mass is 32.2. The highest BCUT2D eigenvalue weighted by Crippen LogP contribution is 2.30. The standard InChI is InChI=1S/C10H18F3NS/c1-2-8-3-4-9(7-8)14-5-6-15-10(11,12)13/h8-9,14H,2-7H2,1H3. The van der Waals surface area contributed by atoms with Crippen molar-refractivity contribution in [2.45, 2.75) is 44.2 Å². The van der Waals surface area contributed by atoms with Crippen LogP contribution in [-0.4, -0.2) is 23.8 Å². The van der Waals surface area contributed by atoms with Crippen molar-refractivity contribution in [3.8, 4) is 0 Å².